The Labute approximate surface area is 257 Å². The van der Waals surface area contributed by atoms with Crippen LogP contribution in [-0.2, 0) is 25.9 Å². The zero-order valence-electron chi connectivity index (χ0n) is 25.4. The number of nitrogens with zero attached hydrogens (tertiary/aromatic N) is 2. The Balaban J connectivity index is 2.03. The average Bonchev–Trinajstić information content (AvgIpc) is 3.13. The number of carbonyl (C=O) groups is 1. The molecule has 230 valence electrons. The Hall–Kier alpha value is -2.65. The fraction of sp³-hybridized carbons (Fsp3) is 0.485. The maximum atomic E-state index is 13.7. The predicted molar refractivity (Wildman–Crippen MR) is 174 cm³/mol. The van der Waals surface area contributed by atoms with Crippen LogP contribution in [0.15, 0.2) is 71.0 Å². The quantitative estimate of drug-likeness (QED) is 0.222. The lowest BCUT2D eigenvalue weighted by Crippen LogP contribution is -2.35. The molecule has 0 spiro atoms. The highest BCUT2D eigenvalue weighted by Gasteiger charge is 2.31. The minimum Gasteiger partial charge on any atom is -0.491 e. The van der Waals surface area contributed by atoms with Gasteiger partial charge in [0, 0.05) is 24.0 Å². The van der Waals surface area contributed by atoms with Gasteiger partial charge in [0.25, 0.3) is 5.91 Å². The molecule has 0 aliphatic carbocycles. The third-order valence-electron chi connectivity index (χ3n) is 7.73. The summed E-state index contributed by atoms with van der Waals surface area (Å²) in [6, 6.07) is 11.3. The lowest BCUT2D eigenvalue weighted by Gasteiger charge is -2.29. The number of anilines is 1. The molecule has 3 atom stereocenters. The molecule has 2 aromatic carbocycles. The van der Waals surface area contributed by atoms with Crippen molar-refractivity contribution in [3.63, 3.8) is 0 Å². The molecular weight excluding hydrogens is 570 g/mol. The molecule has 3 unspecified atom stereocenters. The molecule has 0 bridgehead atoms. The van der Waals surface area contributed by atoms with E-state index in [1.807, 2.05) is 12.1 Å². The molecule has 0 saturated carbocycles. The number of nitrogens with two attached hydrogens (primary N) is 1. The van der Waals surface area contributed by atoms with Crippen molar-refractivity contribution in [2.75, 3.05) is 31.2 Å². The zero-order chi connectivity index (χ0) is 30.9. The second-order valence-electron chi connectivity index (χ2n) is 11.3. The molecule has 0 fully saturated rings. The number of hydrogen-bond acceptors (Lipinski definition) is 5. The first-order chi connectivity index (χ1) is 19.9. The van der Waals surface area contributed by atoms with Gasteiger partial charge in [-0.05, 0) is 80.5 Å². The van der Waals surface area contributed by atoms with Crippen molar-refractivity contribution in [3.05, 3.63) is 77.9 Å². The summed E-state index contributed by atoms with van der Waals surface area (Å²) in [5.41, 5.74) is 1.95. The molecule has 9 heteroatoms. The van der Waals surface area contributed by atoms with Crippen molar-refractivity contribution in [3.8, 4) is 5.75 Å². The minimum atomic E-state index is -3.56. The summed E-state index contributed by atoms with van der Waals surface area (Å²) in [6.07, 6.45) is 8.39. The summed E-state index contributed by atoms with van der Waals surface area (Å²) < 4.78 is 29.5. The van der Waals surface area contributed by atoms with E-state index in [9.17, 15) is 9.00 Å². The molecule has 1 amide bonds. The maximum Gasteiger partial charge on any atom is 0.286 e. The largest absolute Gasteiger partial charge is 0.491 e. The van der Waals surface area contributed by atoms with Crippen LogP contribution in [0, 0.1) is 5.92 Å². The fourth-order valence-corrected chi connectivity index (χ4v) is 6.50. The van der Waals surface area contributed by atoms with Crippen LogP contribution in [-0.4, -0.2) is 42.0 Å². The molecule has 2 aromatic rings. The minimum absolute atomic E-state index is 0.0930. The van der Waals surface area contributed by atoms with Gasteiger partial charge in [0.15, 0.2) is 0 Å². The Bertz CT molecular complexity index is 1380. The Morgan fingerprint density at radius 3 is 2.69 bits per heavy atom. The van der Waals surface area contributed by atoms with Crippen LogP contribution in [0.4, 0.5) is 5.69 Å². The number of ether oxygens (including phenoxy) is 2. The summed E-state index contributed by atoms with van der Waals surface area (Å²) in [6.45, 7) is 17.2. The standard InChI is InChI=1S/C33H46ClN3O4S/c1-7-11-24(10-4)17-18-37-22-26(29-15-13-27(34)20-25(29)12-8-2)23-40-31-16-14-28(21-30(31)37)42(35,39)36-32(38)33(5,6)41-19-9-3/h7,9,13-16,20-21,24,26H,1,3,8,10-12,17-19,22-23H2,2,4-6H3,(H2,35,36,38,39). The summed E-state index contributed by atoms with van der Waals surface area (Å²) in [4.78, 5) is 15.5. The summed E-state index contributed by atoms with van der Waals surface area (Å²) in [5.74, 6) is 0.573. The predicted octanol–water partition coefficient (Wildman–Crippen LogP) is 7.48. The SMILES string of the molecule is C=CCOC(C)(C)C(=O)N=S(N)(=O)c1ccc2c(c1)N(CCC(CC)CC=C)CC(c1ccc(Cl)cc1CCC)CO2. The Morgan fingerprint density at radius 2 is 2.02 bits per heavy atom. The molecule has 7 nitrogen and oxygen atoms in total. The van der Waals surface area contributed by atoms with Gasteiger partial charge in [-0.3, -0.25) is 4.79 Å². The molecule has 0 saturated heterocycles. The van der Waals surface area contributed by atoms with E-state index in [4.69, 9.17) is 26.2 Å². The van der Waals surface area contributed by atoms with Crippen molar-refractivity contribution in [1.29, 1.82) is 0 Å². The van der Waals surface area contributed by atoms with Crippen LogP contribution in [0.3, 0.4) is 0 Å². The van der Waals surface area contributed by atoms with Crippen LogP contribution in [0.2, 0.25) is 5.02 Å². The first-order valence-electron chi connectivity index (χ1n) is 14.7. The maximum absolute atomic E-state index is 13.7. The van der Waals surface area contributed by atoms with Gasteiger partial charge < -0.3 is 14.4 Å². The van der Waals surface area contributed by atoms with E-state index in [2.05, 4.69) is 48.4 Å². The van der Waals surface area contributed by atoms with E-state index in [0.29, 0.717) is 24.8 Å². The highest BCUT2D eigenvalue weighted by molar-refractivity contribution is 7.91. The van der Waals surface area contributed by atoms with Gasteiger partial charge in [0.1, 0.15) is 21.3 Å². The highest BCUT2D eigenvalue weighted by Crippen LogP contribution is 2.38. The van der Waals surface area contributed by atoms with E-state index >= 15 is 0 Å². The lowest BCUT2D eigenvalue weighted by molar-refractivity contribution is -0.137. The topological polar surface area (TPSA) is 94.2 Å². The van der Waals surface area contributed by atoms with Crippen molar-refractivity contribution < 1.29 is 18.5 Å². The van der Waals surface area contributed by atoms with Crippen LogP contribution < -0.4 is 14.8 Å². The normalized spacial score (nSPS) is 17.3. The first-order valence-corrected chi connectivity index (χ1v) is 16.7. The van der Waals surface area contributed by atoms with Crippen molar-refractivity contribution >= 4 is 33.1 Å². The molecule has 1 aliphatic rings. The molecule has 0 aromatic heterocycles. The average molecular weight is 616 g/mol. The lowest BCUT2D eigenvalue weighted by atomic mass is 9.91. The number of hydrogen-bond donors (Lipinski definition) is 1. The number of allylic oxidation sites excluding steroid dienone is 1. The van der Waals surface area contributed by atoms with E-state index < -0.39 is 21.4 Å². The fourth-order valence-electron chi connectivity index (χ4n) is 5.19. The molecule has 1 heterocycles. The first kappa shape index (κ1) is 33.8. The Morgan fingerprint density at radius 1 is 1.26 bits per heavy atom. The zero-order valence-corrected chi connectivity index (χ0v) is 27.0. The van der Waals surface area contributed by atoms with Crippen molar-refractivity contribution in [2.45, 2.75) is 76.2 Å². The number of fused-ring (bicyclic) bond motifs is 1. The van der Waals surface area contributed by atoms with Gasteiger partial charge in [-0.1, -0.05) is 56.5 Å². The van der Waals surface area contributed by atoms with Crippen LogP contribution in [0.1, 0.15) is 70.4 Å². The monoisotopic (exact) mass is 615 g/mol. The van der Waals surface area contributed by atoms with Gasteiger partial charge in [-0.25, -0.2) is 9.35 Å². The van der Waals surface area contributed by atoms with Crippen molar-refractivity contribution in [2.24, 2.45) is 15.4 Å². The highest BCUT2D eigenvalue weighted by atomic mass is 35.5. The molecule has 0 radical (unpaired) electrons. The number of rotatable bonds is 14. The molecule has 42 heavy (non-hydrogen) atoms. The molecule has 2 N–H and O–H groups in total. The second kappa shape index (κ2) is 15.2. The van der Waals surface area contributed by atoms with Crippen LogP contribution in [0.25, 0.3) is 0 Å². The summed E-state index contributed by atoms with van der Waals surface area (Å²) in [7, 11) is -3.56. The number of benzene rings is 2. The number of aryl methyl sites for hydroxylation is 1. The Kier molecular flexibility index (Phi) is 12.2. The smallest absolute Gasteiger partial charge is 0.286 e. The van der Waals surface area contributed by atoms with Gasteiger partial charge in [-0.2, -0.15) is 0 Å². The molecule has 3 rings (SSSR count). The van der Waals surface area contributed by atoms with E-state index in [1.165, 1.54) is 17.2 Å². The summed E-state index contributed by atoms with van der Waals surface area (Å²) >= 11 is 6.37. The van der Waals surface area contributed by atoms with E-state index in [-0.39, 0.29) is 17.4 Å². The van der Waals surface area contributed by atoms with E-state index in [1.54, 1.807) is 32.0 Å². The number of halogens is 1. The van der Waals surface area contributed by atoms with Gasteiger partial charge in [0.2, 0.25) is 0 Å². The van der Waals surface area contributed by atoms with Gasteiger partial charge in [-0.15, -0.1) is 17.5 Å². The third-order valence-corrected chi connectivity index (χ3v) is 9.34. The number of carbonyl (C=O) groups excluding carboxylic acids is 1. The van der Waals surface area contributed by atoms with Crippen LogP contribution in [0.5, 0.6) is 5.75 Å². The number of amides is 1. The van der Waals surface area contributed by atoms with Gasteiger partial charge in [0.05, 0.1) is 23.8 Å². The molecular formula is C33H46ClN3O4S. The molecule has 1 aliphatic heterocycles. The van der Waals surface area contributed by atoms with Crippen molar-refractivity contribution in [1.82, 2.24) is 0 Å². The second-order valence-corrected chi connectivity index (χ2v) is 13.6. The van der Waals surface area contributed by atoms with Gasteiger partial charge >= 0.3 is 0 Å². The van der Waals surface area contributed by atoms with E-state index in [0.717, 1.165) is 49.4 Å². The summed E-state index contributed by atoms with van der Waals surface area (Å²) in [5, 5.41) is 6.96. The third kappa shape index (κ3) is 8.69. The van der Waals surface area contributed by atoms with Crippen LogP contribution >= 0.6 is 11.6 Å².